The first kappa shape index (κ1) is 16.4. The van der Waals surface area contributed by atoms with E-state index in [1.165, 1.54) is 22.5 Å². The van der Waals surface area contributed by atoms with Gasteiger partial charge in [0.05, 0.1) is 0 Å². The number of rotatable bonds is 2. The smallest absolute Gasteiger partial charge is 0.134 e. The van der Waals surface area contributed by atoms with Gasteiger partial charge in [0.2, 0.25) is 0 Å². The average molecular weight is 358 g/mol. The van der Waals surface area contributed by atoms with Crippen molar-refractivity contribution in [2.45, 2.75) is 13.8 Å². The number of quaternary nitrogens is 1. The van der Waals surface area contributed by atoms with E-state index in [1.807, 2.05) is 0 Å². The van der Waals surface area contributed by atoms with Crippen LogP contribution < -0.4 is 39.3 Å². The average Bonchev–Trinajstić information content (AvgIpc) is 2.25. The fraction of sp³-hybridized carbons (Fsp3) is 0.143. The van der Waals surface area contributed by atoms with Crippen molar-refractivity contribution in [3.8, 4) is 0 Å². The van der Waals surface area contributed by atoms with Crippen LogP contribution in [0.15, 0.2) is 48.5 Å². The Labute approximate surface area is 124 Å². The molecule has 0 heterocycles. The Bertz CT molecular complexity index is 391. The highest BCUT2D eigenvalue weighted by Crippen LogP contribution is 2.07. The molecule has 0 aromatic heterocycles. The van der Waals surface area contributed by atoms with E-state index in [9.17, 15) is 0 Å². The van der Waals surface area contributed by atoms with Crippen LogP contribution >= 0.6 is 0 Å². The summed E-state index contributed by atoms with van der Waals surface area (Å²) in [4.78, 5) is 0. The van der Waals surface area contributed by atoms with E-state index < -0.39 is 0 Å². The maximum atomic E-state index is 2.19. The second kappa shape index (κ2) is 7.64. The van der Waals surface area contributed by atoms with Gasteiger partial charge in [0.1, 0.15) is 11.4 Å². The summed E-state index contributed by atoms with van der Waals surface area (Å²) >= 11 is 0. The largest absolute Gasteiger partial charge is 1.00 e. The van der Waals surface area contributed by atoms with Crippen molar-refractivity contribution in [2.24, 2.45) is 0 Å². The molecular weight excluding hydrogens is 342 g/mol. The van der Waals surface area contributed by atoms with Crippen LogP contribution in [0.2, 0.25) is 0 Å². The maximum absolute atomic E-state index is 2.19. The minimum absolute atomic E-state index is 0. The summed E-state index contributed by atoms with van der Waals surface area (Å²) in [6.07, 6.45) is 0. The molecule has 3 heteroatoms. The Morgan fingerprint density at radius 2 is 0.882 bits per heavy atom. The molecule has 2 aromatic carbocycles. The molecule has 0 bridgehead atoms. The topological polar surface area (TPSA) is 16.6 Å². The molecule has 2 rings (SSSR count). The molecule has 0 aliphatic rings. The van der Waals surface area contributed by atoms with Crippen LogP contribution in [0.5, 0.6) is 0 Å². The monoisotopic (exact) mass is 356 g/mol. The summed E-state index contributed by atoms with van der Waals surface area (Å²) in [5.74, 6) is 0. The van der Waals surface area contributed by atoms with Crippen LogP contribution in [0.1, 0.15) is 11.1 Å². The standard InChI is InChI=1S/C14H15N.2BrH/c1-11-3-7-13(8-4-11)15-14-9-5-12(2)6-10-14;;/h3-10,15H,1-2H3;2*1H/p-1. The molecule has 0 amide bonds. The SMILES string of the molecule is Cc1ccc([NH2+]c2ccc(C)cc2)cc1.[Br-].[Br-]. The quantitative estimate of drug-likeness (QED) is 0.546. The van der Waals surface area contributed by atoms with Gasteiger partial charge in [0.25, 0.3) is 0 Å². The van der Waals surface area contributed by atoms with Crippen molar-refractivity contribution >= 4 is 11.4 Å². The van der Waals surface area contributed by atoms with Gasteiger partial charge >= 0.3 is 0 Å². The molecule has 0 aliphatic heterocycles. The highest BCUT2D eigenvalue weighted by atomic mass is 79.9. The Morgan fingerprint density at radius 1 is 0.588 bits per heavy atom. The zero-order valence-electron chi connectivity index (χ0n) is 9.95. The van der Waals surface area contributed by atoms with E-state index in [2.05, 4.69) is 67.7 Å². The summed E-state index contributed by atoms with van der Waals surface area (Å²) in [5.41, 5.74) is 5.11. The molecule has 0 saturated heterocycles. The van der Waals surface area contributed by atoms with Crippen LogP contribution in [-0.2, 0) is 0 Å². The number of hydrogen-bond acceptors (Lipinski definition) is 0. The molecular formula is C14H16Br2N-. The van der Waals surface area contributed by atoms with Gasteiger partial charge in [-0.15, -0.1) is 0 Å². The molecule has 0 saturated carbocycles. The van der Waals surface area contributed by atoms with Crippen LogP contribution in [0.3, 0.4) is 0 Å². The van der Waals surface area contributed by atoms with E-state index in [-0.39, 0.29) is 34.0 Å². The number of aryl methyl sites for hydroxylation is 2. The van der Waals surface area contributed by atoms with Crippen molar-refractivity contribution < 1.29 is 39.3 Å². The third-order valence-electron chi connectivity index (χ3n) is 2.49. The lowest BCUT2D eigenvalue weighted by Crippen LogP contribution is -3.00. The third-order valence-corrected chi connectivity index (χ3v) is 2.49. The van der Waals surface area contributed by atoms with Crippen LogP contribution in [0.4, 0.5) is 11.4 Å². The van der Waals surface area contributed by atoms with Gasteiger partial charge in [-0.05, 0) is 38.1 Å². The lowest BCUT2D eigenvalue weighted by Gasteiger charge is -2.01. The van der Waals surface area contributed by atoms with Gasteiger partial charge in [0.15, 0.2) is 0 Å². The van der Waals surface area contributed by atoms with E-state index >= 15 is 0 Å². The first-order chi connectivity index (χ1) is 7.24. The molecule has 1 nitrogen and oxygen atoms in total. The Balaban J connectivity index is 0.00000128. The first-order valence-electron chi connectivity index (χ1n) is 5.22. The predicted molar refractivity (Wildman–Crippen MR) is 63.6 cm³/mol. The molecule has 17 heavy (non-hydrogen) atoms. The summed E-state index contributed by atoms with van der Waals surface area (Å²) < 4.78 is 0. The lowest BCUT2D eigenvalue weighted by molar-refractivity contribution is -0.478. The molecule has 0 radical (unpaired) electrons. The fourth-order valence-electron chi connectivity index (χ4n) is 1.52. The lowest BCUT2D eigenvalue weighted by atomic mass is 10.2. The summed E-state index contributed by atoms with van der Waals surface area (Å²) in [6, 6.07) is 17.1. The number of halogens is 2. The van der Waals surface area contributed by atoms with Crippen LogP contribution in [0.25, 0.3) is 0 Å². The van der Waals surface area contributed by atoms with Gasteiger partial charge in [-0.1, -0.05) is 35.4 Å². The molecule has 0 atom stereocenters. The van der Waals surface area contributed by atoms with Gasteiger partial charge in [-0.25, -0.2) is 0 Å². The predicted octanol–water partition coefficient (Wildman–Crippen LogP) is -3.16. The summed E-state index contributed by atoms with van der Waals surface area (Å²) in [7, 11) is 0. The van der Waals surface area contributed by atoms with Crippen molar-refractivity contribution in [3.05, 3.63) is 59.7 Å². The number of nitrogens with two attached hydrogens (primary N) is 1. The van der Waals surface area contributed by atoms with Gasteiger partial charge in [-0.2, -0.15) is 0 Å². The van der Waals surface area contributed by atoms with Crippen LogP contribution in [-0.4, -0.2) is 0 Å². The molecule has 92 valence electrons. The Kier molecular flexibility index (Phi) is 7.35. The Hall–Kier alpha value is -0.640. The Morgan fingerprint density at radius 3 is 1.18 bits per heavy atom. The normalized spacial score (nSPS) is 9.06. The van der Waals surface area contributed by atoms with Gasteiger partial charge in [0, 0.05) is 0 Å². The summed E-state index contributed by atoms with van der Waals surface area (Å²) in [6.45, 7) is 4.21. The number of hydrogen-bond donors (Lipinski definition) is 1. The second-order valence-corrected chi connectivity index (χ2v) is 3.97. The minimum Gasteiger partial charge on any atom is -1.00 e. The zero-order chi connectivity index (χ0) is 10.7. The zero-order valence-corrected chi connectivity index (χ0v) is 13.1. The second-order valence-electron chi connectivity index (χ2n) is 3.97. The minimum atomic E-state index is 0. The highest BCUT2D eigenvalue weighted by molar-refractivity contribution is 5.38. The van der Waals surface area contributed by atoms with Crippen molar-refractivity contribution in [2.75, 3.05) is 0 Å². The van der Waals surface area contributed by atoms with Crippen molar-refractivity contribution in [1.82, 2.24) is 0 Å². The van der Waals surface area contributed by atoms with E-state index in [1.54, 1.807) is 0 Å². The van der Waals surface area contributed by atoms with Gasteiger partial charge in [-0.3, -0.25) is 5.32 Å². The van der Waals surface area contributed by atoms with Crippen molar-refractivity contribution in [3.63, 3.8) is 0 Å². The molecule has 2 aromatic rings. The summed E-state index contributed by atoms with van der Waals surface area (Å²) in [5, 5.41) is 2.19. The van der Waals surface area contributed by atoms with E-state index in [0.29, 0.717) is 0 Å². The molecule has 0 spiro atoms. The first-order valence-corrected chi connectivity index (χ1v) is 5.22. The molecule has 0 aliphatic carbocycles. The fourth-order valence-corrected chi connectivity index (χ4v) is 1.52. The number of benzene rings is 2. The molecule has 0 unspecified atom stereocenters. The van der Waals surface area contributed by atoms with Gasteiger partial charge < -0.3 is 34.0 Å². The van der Waals surface area contributed by atoms with Crippen molar-refractivity contribution in [1.29, 1.82) is 0 Å². The molecule has 0 fully saturated rings. The van der Waals surface area contributed by atoms with Crippen LogP contribution in [0, 0.1) is 13.8 Å². The third kappa shape index (κ3) is 5.02. The van der Waals surface area contributed by atoms with E-state index in [0.717, 1.165) is 0 Å². The van der Waals surface area contributed by atoms with E-state index in [4.69, 9.17) is 0 Å². The highest BCUT2D eigenvalue weighted by Gasteiger charge is 1.98. The molecule has 2 N–H and O–H groups in total. The maximum Gasteiger partial charge on any atom is 0.134 e.